The van der Waals surface area contributed by atoms with Gasteiger partial charge in [0.2, 0.25) is 0 Å². The lowest BCUT2D eigenvalue weighted by atomic mass is 10.0. The monoisotopic (exact) mass is 192 g/mol. The topological polar surface area (TPSA) is 34.9 Å². The molecule has 0 amide bonds. The van der Waals surface area contributed by atoms with E-state index in [0.717, 1.165) is 19.4 Å². The molecule has 0 atom stereocenters. The van der Waals surface area contributed by atoms with Crippen molar-refractivity contribution in [1.82, 2.24) is 9.55 Å². The number of aromatic nitrogens is 2. The maximum atomic E-state index is 10.9. The molecule has 76 valence electrons. The van der Waals surface area contributed by atoms with Crippen LogP contribution in [0.4, 0.5) is 0 Å². The zero-order chi connectivity index (χ0) is 9.97. The minimum atomic E-state index is 0.253. The summed E-state index contributed by atoms with van der Waals surface area (Å²) in [5.41, 5.74) is 2.61. The lowest BCUT2D eigenvalue weighted by Crippen LogP contribution is -2.09. The number of nitrogens with zero attached hydrogens (tertiary/aromatic N) is 2. The molecule has 0 bridgehead atoms. The standard InChI is InChI=1S/C11H16N2O/c1-9(14)6-7-13-8-12-10-4-2-3-5-11(10)13/h8H,2-7H2,1H3. The molecule has 0 unspecified atom stereocenters. The van der Waals surface area contributed by atoms with Gasteiger partial charge in [0.15, 0.2) is 0 Å². The van der Waals surface area contributed by atoms with Gasteiger partial charge in [-0.1, -0.05) is 0 Å². The maximum absolute atomic E-state index is 10.9. The molecule has 2 rings (SSSR count). The summed E-state index contributed by atoms with van der Waals surface area (Å²) in [6, 6.07) is 0. The van der Waals surface area contributed by atoms with Gasteiger partial charge >= 0.3 is 0 Å². The molecule has 1 aromatic heterocycles. The van der Waals surface area contributed by atoms with Gasteiger partial charge in [-0.2, -0.15) is 0 Å². The fraction of sp³-hybridized carbons (Fsp3) is 0.636. The van der Waals surface area contributed by atoms with Crippen LogP contribution in [-0.4, -0.2) is 15.3 Å². The highest BCUT2D eigenvalue weighted by molar-refractivity contribution is 5.75. The molecule has 1 aromatic rings. The van der Waals surface area contributed by atoms with Crippen molar-refractivity contribution >= 4 is 5.78 Å². The number of fused-ring (bicyclic) bond motifs is 1. The smallest absolute Gasteiger partial charge is 0.131 e. The zero-order valence-corrected chi connectivity index (χ0v) is 8.62. The van der Waals surface area contributed by atoms with Crippen LogP contribution in [0.1, 0.15) is 37.6 Å². The first kappa shape index (κ1) is 9.44. The predicted molar refractivity (Wildman–Crippen MR) is 54.2 cm³/mol. The summed E-state index contributed by atoms with van der Waals surface area (Å²) in [5.74, 6) is 0.253. The average Bonchev–Trinajstić information content (AvgIpc) is 2.58. The molecule has 0 fully saturated rings. The number of rotatable bonds is 3. The van der Waals surface area contributed by atoms with Crippen molar-refractivity contribution < 1.29 is 4.79 Å². The van der Waals surface area contributed by atoms with E-state index in [4.69, 9.17) is 0 Å². The molecule has 0 radical (unpaired) electrons. The van der Waals surface area contributed by atoms with Gasteiger partial charge in [-0.3, -0.25) is 4.79 Å². The van der Waals surface area contributed by atoms with Crippen LogP contribution in [0, 0.1) is 0 Å². The predicted octanol–water partition coefficient (Wildman–Crippen LogP) is 1.74. The van der Waals surface area contributed by atoms with E-state index < -0.39 is 0 Å². The fourth-order valence-electron chi connectivity index (χ4n) is 2.00. The van der Waals surface area contributed by atoms with Gasteiger partial charge in [0.1, 0.15) is 5.78 Å². The molecule has 1 aliphatic rings. The van der Waals surface area contributed by atoms with Crippen LogP contribution in [-0.2, 0) is 24.2 Å². The third kappa shape index (κ3) is 1.86. The Hall–Kier alpha value is -1.12. The number of hydrogen-bond acceptors (Lipinski definition) is 2. The highest BCUT2D eigenvalue weighted by atomic mass is 16.1. The van der Waals surface area contributed by atoms with Gasteiger partial charge in [0.05, 0.1) is 12.0 Å². The molecule has 0 aliphatic heterocycles. The number of carbonyl (C=O) groups is 1. The van der Waals surface area contributed by atoms with Gasteiger partial charge in [0, 0.05) is 18.7 Å². The van der Waals surface area contributed by atoms with Crippen LogP contribution < -0.4 is 0 Å². The minimum absolute atomic E-state index is 0.253. The summed E-state index contributed by atoms with van der Waals surface area (Å²) < 4.78 is 2.15. The number of carbonyl (C=O) groups excluding carboxylic acids is 1. The Labute approximate surface area is 84.1 Å². The summed E-state index contributed by atoms with van der Waals surface area (Å²) in [6.07, 6.45) is 7.28. The third-order valence-corrected chi connectivity index (χ3v) is 2.81. The van der Waals surface area contributed by atoms with Crippen LogP contribution >= 0.6 is 0 Å². The first-order chi connectivity index (χ1) is 6.77. The molecule has 0 N–H and O–H groups in total. The summed E-state index contributed by atoms with van der Waals surface area (Å²) in [7, 11) is 0. The van der Waals surface area contributed by atoms with Crippen molar-refractivity contribution in [3.8, 4) is 0 Å². The van der Waals surface area contributed by atoms with Gasteiger partial charge in [0.25, 0.3) is 0 Å². The number of Topliss-reactive ketones (excluding diaryl/α,β-unsaturated/α-hetero) is 1. The SMILES string of the molecule is CC(=O)CCn1cnc2c1CCCC2. The molecule has 14 heavy (non-hydrogen) atoms. The third-order valence-electron chi connectivity index (χ3n) is 2.81. The van der Waals surface area contributed by atoms with E-state index in [1.807, 2.05) is 6.33 Å². The molecular formula is C11H16N2O. The van der Waals surface area contributed by atoms with Crippen molar-refractivity contribution in [1.29, 1.82) is 0 Å². The lowest BCUT2D eigenvalue weighted by Gasteiger charge is -2.13. The van der Waals surface area contributed by atoms with Gasteiger partial charge in [-0.25, -0.2) is 4.98 Å². The normalized spacial score (nSPS) is 15.2. The van der Waals surface area contributed by atoms with Crippen molar-refractivity contribution in [2.75, 3.05) is 0 Å². The second-order valence-corrected chi connectivity index (χ2v) is 3.99. The fourth-order valence-corrected chi connectivity index (χ4v) is 2.00. The second kappa shape index (κ2) is 3.95. The van der Waals surface area contributed by atoms with Crippen molar-refractivity contribution in [2.45, 2.75) is 45.6 Å². The van der Waals surface area contributed by atoms with E-state index in [1.54, 1.807) is 6.92 Å². The molecule has 0 spiro atoms. The Kier molecular flexibility index (Phi) is 2.66. The van der Waals surface area contributed by atoms with Gasteiger partial charge in [-0.15, -0.1) is 0 Å². The van der Waals surface area contributed by atoms with E-state index in [1.165, 1.54) is 24.2 Å². The molecule has 0 saturated carbocycles. The highest BCUT2D eigenvalue weighted by Crippen LogP contribution is 2.19. The largest absolute Gasteiger partial charge is 0.334 e. The van der Waals surface area contributed by atoms with E-state index in [2.05, 4.69) is 9.55 Å². The molecule has 3 nitrogen and oxygen atoms in total. The summed E-state index contributed by atoms with van der Waals surface area (Å²) in [5, 5.41) is 0. The lowest BCUT2D eigenvalue weighted by molar-refractivity contribution is -0.117. The van der Waals surface area contributed by atoms with Crippen molar-refractivity contribution in [3.63, 3.8) is 0 Å². The quantitative estimate of drug-likeness (QED) is 0.731. The van der Waals surface area contributed by atoms with Crippen LogP contribution in [0.5, 0.6) is 0 Å². The molecule has 1 aliphatic carbocycles. The first-order valence-corrected chi connectivity index (χ1v) is 5.29. The molecular weight excluding hydrogens is 176 g/mol. The Morgan fingerprint density at radius 3 is 3.07 bits per heavy atom. The average molecular weight is 192 g/mol. The summed E-state index contributed by atoms with van der Waals surface area (Å²) in [4.78, 5) is 15.3. The Bertz CT molecular complexity index is 341. The number of aryl methyl sites for hydroxylation is 2. The highest BCUT2D eigenvalue weighted by Gasteiger charge is 2.14. The van der Waals surface area contributed by atoms with E-state index in [9.17, 15) is 4.79 Å². The Balaban J connectivity index is 2.10. The Morgan fingerprint density at radius 1 is 1.50 bits per heavy atom. The van der Waals surface area contributed by atoms with Crippen molar-refractivity contribution in [3.05, 3.63) is 17.7 Å². The number of ketones is 1. The zero-order valence-electron chi connectivity index (χ0n) is 8.62. The molecule has 1 heterocycles. The van der Waals surface area contributed by atoms with Gasteiger partial charge in [-0.05, 0) is 32.6 Å². The van der Waals surface area contributed by atoms with E-state index in [-0.39, 0.29) is 5.78 Å². The summed E-state index contributed by atoms with van der Waals surface area (Å²) >= 11 is 0. The number of hydrogen-bond donors (Lipinski definition) is 0. The van der Waals surface area contributed by atoms with Crippen molar-refractivity contribution in [2.24, 2.45) is 0 Å². The molecule has 0 aromatic carbocycles. The van der Waals surface area contributed by atoms with Crippen LogP contribution in [0.25, 0.3) is 0 Å². The van der Waals surface area contributed by atoms with Gasteiger partial charge < -0.3 is 4.57 Å². The molecule has 0 saturated heterocycles. The Morgan fingerprint density at radius 2 is 2.29 bits per heavy atom. The van der Waals surface area contributed by atoms with Crippen LogP contribution in [0.2, 0.25) is 0 Å². The molecule has 3 heteroatoms. The van der Waals surface area contributed by atoms with E-state index in [0.29, 0.717) is 6.42 Å². The first-order valence-electron chi connectivity index (χ1n) is 5.29. The van der Waals surface area contributed by atoms with Crippen LogP contribution in [0.15, 0.2) is 6.33 Å². The maximum Gasteiger partial charge on any atom is 0.131 e. The van der Waals surface area contributed by atoms with Crippen LogP contribution in [0.3, 0.4) is 0 Å². The summed E-state index contributed by atoms with van der Waals surface area (Å²) in [6.45, 7) is 2.45. The minimum Gasteiger partial charge on any atom is -0.334 e. The van der Waals surface area contributed by atoms with E-state index >= 15 is 0 Å². The number of imidazole rings is 1. The second-order valence-electron chi connectivity index (χ2n) is 3.99.